The Balaban J connectivity index is 1.13. The topological polar surface area (TPSA) is 86.3 Å². The van der Waals surface area contributed by atoms with E-state index in [0.29, 0.717) is 36.4 Å². The molecule has 1 aromatic carbocycles. The molecule has 54 heavy (non-hydrogen) atoms. The zero-order valence-corrected chi connectivity index (χ0v) is 33.0. The van der Waals surface area contributed by atoms with Gasteiger partial charge in [-0.3, -0.25) is 9.69 Å². The molecule has 290 valence electrons. The maximum Gasteiger partial charge on any atom is 0.339 e. The summed E-state index contributed by atoms with van der Waals surface area (Å²) in [6, 6.07) is 8.30. The number of fused-ring (bicyclic) bond motifs is 2. The quantitative estimate of drug-likeness (QED) is 0.257. The molecule has 3 saturated carbocycles. The highest BCUT2D eigenvalue weighted by Gasteiger charge is 2.91. The van der Waals surface area contributed by atoms with Crippen LogP contribution in [0, 0.1) is 52.3 Å². The highest BCUT2D eigenvalue weighted by molar-refractivity contribution is 5.99. The maximum absolute atomic E-state index is 15.2. The summed E-state index contributed by atoms with van der Waals surface area (Å²) in [4.78, 5) is 34.5. The first-order valence-electron chi connectivity index (χ1n) is 22.6. The van der Waals surface area contributed by atoms with Gasteiger partial charge in [-0.15, -0.1) is 0 Å². The largest absolute Gasteiger partial charge is 0.449 e. The van der Waals surface area contributed by atoms with Crippen molar-refractivity contribution in [1.82, 2.24) is 4.90 Å². The van der Waals surface area contributed by atoms with Crippen molar-refractivity contribution in [2.45, 2.75) is 140 Å². The number of quaternary nitrogens is 1. The predicted molar refractivity (Wildman–Crippen MR) is 207 cm³/mol. The normalized spacial score (nSPS) is 47.0. The summed E-state index contributed by atoms with van der Waals surface area (Å²) in [7, 11) is 0. The van der Waals surface area contributed by atoms with Gasteiger partial charge in [0, 0.05) is 60.7 Å². The van der Waals surface area contributed by atoms with Crippen LogP contribution in [0.3, 0.4) is 0 Å². The molecule has 0 aromatic heterocycles. The minimum absolute atomic E-state index is 0.0698. The highest BCUT2D eigenvalue weighted by atomic mass is 16.6. The number of nitrogens with one attached hydrogen (secondary N) is 1. The first-order chi connectivity index (χ1) is 26.3. The van der Waals surface area contributed by atoms with E-state index in [9.17, 15) is 4.79 Å². The molecule has 7 heteroatoms. The third kappa shape index (κ3) is 4.36. The Morgan fingerprint density at radius 2 is 1.89 bits per heavy atom. The van der Waals surface area contributed by atoms with Gasteiger partial charge in [-0.05, 0) is 107 Å². The third-order valence-electron chi connectivity index (χ3n) is 18.0. The number of hydrogen-bond donors (Lipinski definition) is 2. The minimum Gasteiger partial charge on any atom is -0.449 e. The first-order valence-corrected chi connectivity index (χ1v) is 22.6. The smallest absolute Gasteiger partial charge is 0.339 e. The molecule has 2 spiro atoms. The van der Waals surface area contributed by atoms with Gasteiger partial charge in [0.15, 0.2) is 5.60 Å². The molecule has 14 atom stereocenters. The van der Waals surface area contributed by atoms with E-state index in [2.05, 4.69) is 49.1 Å². The molecule has 4 saturated heterocycles. The van der Waals surface area contributed by atoms with E-state index in [0.717, 1.165) is 91.2 Å². The zero-order chi connectivity index (χ0) is 36.6. The number of carbonyl (C=O) groups excluding carboxylic acids is 2. The van der Waals surface area contributed by atoms with Crippen molar-refractivity contribution in [3.05, 3.63) is 58.4 Å². The number of piperidine rings is 3. The van der Waals surface area contributed by atoms with Crippen molar-refractivity contribution in [1.29, 1.82) is 0 Å². The van der Waals surface area contributed by atoms with Crippen LogP contribution < -0.4 is 10.6 Å². The number of esters is 2. The molecule has 3 unspecified atom stereocenters. The van der Waals surface area contributed by atoms with Crippen LogP contribution in [0.15, 0.2) is 41.7 Å². The number of nitrogens with zero attached hydrogens (tertiary/aromatic N) is 1. The minimum atomic E-state index is -0.907. The Labute approximate surface area is 322 Å². The fourth-order valence-corrected chi connectivity index (χ4v) is 16.4. The fraction of sp³-hybridized carbons (Fsp3) is 0.745. The van der Waals surface area contributed by atoms with Gasteiger partial charge >= 0.3 is 11.9 Å². The summed E-state index contributed by atoms with van der Waals surface area (Å²) in [6.45, 7) is 9.13. The van der Waals surface area contributed by atoms with Crippen LogP contribution in [-0.4, -0.2) is 61.1 Å². The number of hydrogen-bond acceptors (Lipinski definition) is 6. The van der Waals surface area contributed by atoms with Gasteiger partial charge < -0.3 is 20.1 Å². The fourth-order valence-electron chi connectivity index (χ4n) is 16.4. The second-order valence-electron chi connectivity index (χ2n) is 20.2. The average molecular weight is 735 g/mol. The van der Waals surface area contributed by atoms with Crippen molar-refractivity contribution in [2.24, 2.45) is 58.0 Å². The third-order valence-corrected chi connectivity index (χ3v) is 18.0. The second-order valence-corrected chi connectivity index (χ2v) is 20.2. The lowest BCUT2D eigenvalue weighted by molar-refractivity contribution is -0.976. The number of ether oxygens (including phenoxy) is 2. The van der Waals surface area contributed by atoms with E-state index >= 15 is 4.79 Å². The van der Waals surface area contributed by atoms with Crippen LogP contribution in [0.4, 0.5) is 0 Å². The molecule has 7 nitrogen and oxygen atoms in total. The van der Waals surface area contributed by atoms with Gasteiger partial charge in [-0.2, -0.15) is 0 Å². The average Bonchev–Trinajstić information content (AvgIpc) is 3.87. The van der Waals surface area contributed by atoms with E-state index < -0.39 is 16.4 Å². The van der Waals surface area contributed by atoms with Crippen molar-refractivity contribution in [2.75, 3.05) is 26.2 Å². The predicted octanol–water partition coefficient (Wildman–Crippen LogP) is 6.50. The van der Waals surface area contributed by atoms with E-state index in [1.807, 2.05) is 4.90 Å². The Kier molecular flexibility index (Phi) is 8.05. The standard InChI is InChI=1S/C47H63N3O4/c1-3-8-39-45-24-33-18-19-46(45,47(39)36-13-6-11-31(12-7-20-48)41(36)43(51)54-47)40(53-44(45)52)17-16-37(30-9-4-5-10-30)49-25-29-23-34(27-49)38-15-14-32-21-28(2)22-35(33)42(32)50(38)26-29/h6,11,13,17,24,28-30,32,34-35,37-39,42H,3-5,7-10,12,14-16,18-23,25-27,48H2,1-2H3/p+1/t28-,29-,32+,34-,35-,37-,38+,39+,42?,45-,46+,47-/m0/s1. The number of rotatable bonds is 6. The van der Waals surface area contributed by atoms with Crippen molar-refractivity contribution in [3.63, 3.8) is 0 Å². The molecule has 7 fully saturated rings. The molecule has 1 aromatic rings. The summed E-state index contributed by atoms with van der Waals surface area (Å²) in [6.07, 6.45) is 23.0. The van der Waals surface area contributed by atoms with E-state index in [-0.39, 0.29) is 17.9 Å². The molecule has 14 rings (SSSR count). The molecule has 4 aliphatic carbocycles. The number of aryl methyl sites for hydroxylation is 1. The molecular formula is C47H64N3O4+. The molecule has 10 bridgehead atoms. The molecular weight excluding hydrogens is 671 g/mol. The summed E-state index contributed by atoms with van der Waals surface area (Å²) in [5, 5.41) is 0. The number of carbonyl (C=O) groups is 2. The molecule has 9 heterocycles. The van der Waals surface area contributed by atoms with Gasteiger partial charge in [-0.25, -0.2) is 4.79 Å². The molecule has 0 radical (unpaired) electrons. The van der Waals surface area contributed by atoms with Crippen LogP contribution in [0.5, 0.6) is 0 Å². The van der Waals surface area contributed by atoms with Crippen LogP contribution in [0.1, 0.15) is 132 Å². The molecule has 9 aliphatic heterocycles. The number of nitrogens with two attached hydrogens (primary N) is 1. The van der Waals surface area contributed by atoms with Gasteiger partial charge in [0.2, 0.25) is 0 Å². The lowest BCUT2D eigenvalue weighted by atomic mass is 9.31. The Bertz CT molecular complexity index is 1800. The summed E-state index contributed by atoms with van der Waals surface area (Å²) in [5.74, 6) is 4.65. The Morgan fingerprint density at radius 1 is 1.02 bits per heavy atom. The van der Waals surface area contributed by atoms with E-state index in [1.54, 1.807) is 5.57 Å². The highest BCUT2D eigenvalue weighted by Crippen LogP contribution is 2.84. The van der Waals surface area contributed by atoms with Crippen LogP contribution in [-0.2, 0) is 26.3 Å². The van der Waals surface area contributed by atoms with Crippen molar-refractivity contribution < 1.29 is 24.0 Å². The summed E-state index contributed by atoms with van der Waals surface area (Å²) in [5.41, 5.74) is 7.90. The van der Waals surface area contributed by atoms with E-state index in [4.69, 9.17) is 15.2 Å². The lowest BCUT2D eigenvalue weighted by Gasteiger charge is -2.69. The summed E-state index contributed by atoms with van der Waals surface area (Å²) >= 11 is 0. The van der Waals surface area contributed by atoms with Crippen LogP contribution in [0.25, 0.3) is 0 Å². The van der Waals surface area contributed by atoms with Gasteiger partial charge in [0.1, 0.15) is 11.2 Å². The first kappa shape index (κ1) is 34.7. The van der Waals surface area contributed by atoms with E-state index in [1.165, 1.54) is 77.4 Å². The van der Waals surface area contributed by atoms with Gasteiger partial charge in [0.05, 0.1) is 29.6 Å². The second kappa shape index (κ2) is 12.5. The zero-order valence-electron chi connectivity index (χ0n) is 33.0. The van der Waals surface area contributed by atoms with Crippen LogP contribution >= 0.6 is 0 Å². The van der Waals surface area contributed by atoms with Crippen molar-refractivity contribution in [3.8, 4) is 0 Å². The number of benzene rings is 1. The molecule has 13 aliphatic rings. The van der Waals surface area contributed by atoms with Gasteiger partial charge in [0.25, 0.3) is 0 Å². The monoisotopic (exact) mass is 734 g/mol. The Hall–Kier alpha value is -2.48. The summed E-state index contributed by atoms with van der Waals surface area (Å²) < 4.78 is 13.9. The molecule has 3 N–H and O–H groups in total. The molecule has 0 amide bonds. The Morgan fingerprint density at radius 3 is 2.72 bits per heavy atom. The lowest BCUT2D eigenvalue weighted by Crippen LogP contribution is -3.24. The maximum atomic E-state index is 15.2. The SMILES string of the molecule is CCC[C@@H]1[C@]23C=C4CC[C@]2(C(=CC[C@@H](C2CCCC2)N2C[C@@H]5C[C@@H](C2)[C@H]2CC[C@@H]6C[C@H](C)C[C@@H]4C6[NH+]2C5)OC3=O)[C@@]12OC(=O)c1c(CCCN)cccc12. The van der Waals surface area contributed by atoms with Crippen LogP contribution in [0.2, 0.25) is 0 Å². The van der Waals surface area contributed by atoms with Crippen molar-refractivity contribution >= 4 is 11.9 Å². The van der Waals surface area contributed by atoms with Gasteiger partial charge in [-0.1, -0.05) is 63.0 Å².